The third-order valence-electron chi connectivity index (χ3n) is 5.46. The molecule has 0 aliphatic carbocycles. The maximum absolute atomic E-state index is 12.8. The quantitative estimate of drug-likeness (QED) is 0.136. The normalized spacial score (nSPS) is 18.6. The number of aliphatic hydroxyl groups excluding tert-OH is 1. The van der Waals surface area contributed by atoms with Gasteiger partial charge in [0, 0.05) is 24.6 Å². The molecule has 1 aliphatic rings. The highest BCUT2D eigenvalue weighted by Crippen LogP contribution is 2.32. The SMILES string of the molecule is CCCC(=O)OCOC(=O)COCCOCCOCC(=O)OCn1c(=O)ccn([C@@H]2O[C@H](CO)C[C@@H]2C)c1=O. The van der Waals surface area contributed by atoms with Crippen LogP contribution in [-0.2, 0) is 54.3 Å². The standard InChI is InChI=1S/C24H36N2O13/c1-3-4-20(29)37-16-38-22(31)14-35-10-8-33-7-9-34-13-21(30)36-15-26-19(28)5-6-25(24(26)32)23-17(2)11-18(12-27)39-23/h5-6,17-18,23,27H,3-4,7-16H2,1-2H3/t17-,18-,23+/m0/s1. The van der Waals surface area contributed by atoms with Gasteiger partial charge in [-0.05, 0) is 12.8 Å². The molecule has 2 rings (SSSR count). The average Bonchev–Trinajstić information content (AvgIpc) is 3.28. The summed E-state index contributed by atoms with van der Waals surface area (Å²) in [6, 6.07) is 1.17. The van der Waals surface area contributed by atoms with Crippen LogP contribution in [0.1, 0.15) is 39.3 Å². The number of carbonyl (C=O) groups excluding carboxylic acids is 3. The summed E-state index contributed by atoms with van der Waals surface area (Å²) in [5, 5.41) is 9.30. The minimum atomic E-state index is -0.787. The molecule has 15 nitrogen and oxygen atoms in total. The van der Waals surface area contributed by atoms with E-state index in [4.69, 9.17) is 23.7 Å². The summed E-state index contributed by atoms with van der Waals surface area (Å²) in [6.07, 6.45) is 1.71. The van der Waals surface area contributed by atoms with Crippen LogP contribution in [0.25, 0.3) is 0 Å². The van der Waals surface area contributed by atoms with Gasteiger partial charge in [0.2, 0.25) is 6.79 Å². The Morgan fingerprint density at radius 1 is 0.974 bits per heavy atom. The highest BCUT2D eigenvalue weighted by molar-refractivity contribution is 5.71. The molecule has 0 amide bonds. The van der Waals surface area contributed by atoms with Gasteiger partial charge < -0.3 is 38.3 Å². The van der Waals surface area contributed by atoms with Crippen LogP contribution in [0.5, 0.6) is 0 Å². The molecule has 2 heterocycles. The second-order valence-electron chi connectivity index (χ2n) is 8.58. The summed E-state index contributed by atoms with van der Waals surface area (Å²) in [5.41, 5.74) is -1.35. The molecular formula is C24H36N2O13. The molecule has 1 aromatic rings. The fourth-order valence-corrected chi connectivity index (χ4v) is 3.53. The lowest BCUT2D eigenvalue weighted by molar-refractivity contribution is -0.170. The molecule has 1 aliphatic heterocycles. The van der Waals surface area contributed by atoms with Crippen LogP contribution in [-0.4, -0.2) is 91.3 Å². The van der Waals surface area contributed by atoms with E-state index in [-0.39, 0.29) is 52.0 Å². The van der Waals surface area contributed by atoms with Gasteiger partial charge in [0.05, 0.1) is 39.1 Å². The zero-order valence-corrected chi connectivity index (χ0v) is 22.1. The van der Waals surface area contributed by atoms with Crippen molar-refractivity contribution in [3.63, 3.8) is 0 Å². The lowest BCUT2D eigenvalue weighted by Gasteiger charge is -2.19. The summed E-state index contributed by atoms with van der Waals surface area (Å²) in [5.74, 6) is -1.99. The van der Waals surface area contributed by atoms with E-state index < -0.39 is 61.6 Å². The van der Waals surface area contributed by atoms with Crippen molar-refractivity contribution in [1.29, 1.82) is 0 Å². The highest BCUT2D eigenvalue weighted by atomic mass is 16.7. The van der Waals surface area contributed by atoms with Crippen LogP contribution in [0, 0.1) is 5.92 Å². The number of rotatable bonds is 18. The number of aromatic nitrogens is 2. The lowest BCUT2D eigenvalue weighted by atomic mass is 10.1. The summed E-state index contributed by atoms with van der Waals surface area (Å²) < 4.78 is 37.5. The first kappa shape index (κ1) is 32.1. The van der Waals surface area contributed by atoms with E-state index >= 15 is 0 Å². The molecule has 1 saturated heterocycles. The Balaban J connectivity index is 1.57. The molecule has 1 aromatic heterocycles. The van der Waals surface area contributed by atoms with Gasteiger partial charge in [0.1, 0.15) is 19.4 Å². The van der Waals surface area contributed by atoms with Crippen LogP contribution in [0.2, 0.25) is 0 Å². The predicted octanol–water partition coefficient (Wildman–Crippen LogP) is -0.680. The highest BCUT2D eigenvalue weighted by Gasteiger charge is 2.34. The first-order valence-corrected chi connectivity index (χ1v) is 12.5. The minimum absolute atomic E-state index is 0.0568. The molecule has 0 spiro atoms. The molecule has 15 heteroatoms. The Kier molecular flexibility index (Phi) is 14.4. The zero-order chi connectivity index (χ0) is 28.6. The number of hydrogen-bond acceptors (Lipinski definition) is 13. The van der Waals surface area contributed by atoms with Crippen molar-refractivity contribution < 1.29 is 52.6 Å². The van der Waals surface area contributed by atoms with Gasteiger partial charge in [0.25, 0.3) is 5.56 Å². The summed E-state index contributed by atoms with van der Waals surface area (Å²) in [4.78, 5) is 59.4. The van der Waals surface area contributed by atoms with E-state index in [1.807, 2.05) is 13.8 Å². The molecule has 39 heavy (non-hydrogen) atoms. The van der Waals surface area contributed by atoms with Gasteiger partial charge in [-0.1, -0.05) is 13.8 Å². The average molecular weight is 561 g/mol. The topological polar surface area (TPSA) is 180 Å². The molecule has 1 N–H and O–H groups in total. The molecule has 0 bridgehead atoms. The van der Waals surface area contributed by atoms with Gasteiger partial charge in [0.15, 0.2) is 6.73 Å². The van der Waals surface area contributed by atoms with E-state index in [0.29, 0.717) is 12.8 Å². The molecule has 1 fully saturated rings. The van der Waals surface area contributed by atoms with Crippen molar-refractivity contribution >= 4 is 17.9 Å². The summed E-state index contributed by atoms with van der Waals surface area (Å²) in [7, 11) is 0. The minimum Gasteiger partial charge on any atom is -0.442 e. The summed E-state index contributed by atoms with van der Waals surface area (Å²) in [6.45, 7) is 2.14. The molecule has 220 valence electrons. The first-order chi connectivity index (χ1) is 18.8. The lowest BCUT2D eigenvalue weighted by Crippen LogP contribution is -2.42. The van der Waals surface area contributed by atoms with Gasteiger partial charge in [-0.2, -0.15) is 0 Å². The number of nitrogens with zero attached hydrogens (tertiary/aromatic N) is 2. The number of hydrogen-bond donors (Lipinski definition) is 1. The second kappa shape index (κ2) is 17.5. The molecule has 0 radical (unpaired) electrons. The van der Waals surface area contributed by atoms with Gasteiger partial charge in [-0.25, -0.2) is 19.0 Å². The monoisotopic (exact) mass is 560 g/mol. The van der Waals surface area contributed by atoms with Crippen LogP contribution in [0.15, 0.2) is 21.9 Å². The van der Waals surface area contributed by atoms with Crippen LogP contribution < -0.4 is 11.2 Å². The Hall–Kier alpha value is -3.11. The van der Waals surface area contributed by atoms with Crippen LogP contribution >= 0.6 is 0 Å². The van der Waals surface area contributed by atoms with Gasteiger partial charge in [-0.15, -0.1) is 0 Å². The maximum Gasteiger partial charge on any atom is 0.335 e. The smallest absolute Gasteiger partial charge is 0.335 e. The fourth-order valence-electron chi connectivity index (χ4n) is 3.53. The van der Waals surface area contributed by atoms with E-state index in [1.165, 1.54) is 16.8 Å². The first-order valence-electron chi connectivity index (χ1n) is 12.5. The number of carbonyl (C=O) groups is 3. The van der Waals surface area contributed by atoms with E-state index in [2.05, 4.69) is 9.47 Å². The van der Waals surface area contributed by atoms with Crippen molar-refractivity contribution in [1.82, 2.24) is 9.13 Å². The third kappa shape index (κ3) is 11.3. The van der Waals surface area contributed by atoms with Crippen LogP contribution in [0.4, 0.5) is 0 Å². The number of ether oxygens (including phenoxy) is 7. The van der Waals surface area contributed by atoms with Crippen molar-refractivity contribution in [2.24, 2.45) is 5.92 Å². The van der Waals surface area contributed by atoms with Gasteiger partial charge in [-0.3, -0.25) is 14.2 Å². The number of aliphatic hydroxyl groups is 1. The van der Waals surface area contributed by atoms with Crippen molar-refractivity contribution in [3.05, 3.63) is 33.1 Å². The van der Waals surface area contributed by atoms with Crippen LogP contribution in [0.3, 0.4) is 0 Å². The fraction of sp³-hybridized carbons (Fsp3) is 0.708. The van der Waals surface area contributed by atoms with Crippen molar-refractivity contribution in [2.45, 2.75) is 52.2 Å². The molecular weight excluding hydrogens is 524 g/mol. The third-order valence-corrected chi connectivity index (χ3v) is 5.46. The number of esters is 3. The Bertz CT molecular complexity index is 1040. The van der Waals surface area contributed by atoms with E-state index in [1.54, 1.807) is 0 Å². The second-order valence-corrected chi connectivity index (χ2v) is 8.58. The molecule has 3 atom stereocenters. The van der Waals surface area contributed by atoms with Crippen molar-refractivity contribution in [3.8, 4) is 0 Å². The molecule has 0 saturated carbocycles. The van der Waals surface area contributed by atoms with Crippen molar-refractivity contribution in [2.75, 3.05) is 53.0 Å². The van der Waals surface area contributed by atoms with E-state index in [9.17, 15) is 29.1 Å². The summed E-state index contributed by atoms with van der Waals surface area (Å²) >= 11 is 0. The predicted molar refractivity (Wildman–Crippen MR) is 130 cm³/mol. The van der Waals surface area contributed by atoms with Gasteiger partial charge >= 0.3 is 23.6 Å². The van der Waals surface area contributed by atoms with E-state index in [0.717, 1.165) is 4.57 Å². The zero-order valence-electron chi connectivity index (χ0n) is 22.1. The maximum atomic E-state index is 12.8. The Labute approximate surface area is 224 Å². The Morgan fingerprint density at radius 3 is 2.21 bits per heavy atom. The molecule has 0 unspecified atom stereocenters. The largest absolute Gasteiger partial charge is 0.442 e. The molecule has 0 aromatic carbocycles. The Morgan fingerprint density at radius 2 is 1.59 bits per heavy atom.